The Morgan fingerprint density at radius 1 is 1.10 bits per heavy atom. The van der Waals surface area contributed by atoms with Gasteiger partial charge in [0.1, 0.15) is 12.3 Å². The molecule has 3 aromatic rings. The lowest BCUT2D eigenvalue weighted by atomic mass is 10.1. The van der Waals surface area contributed by atoms with Crippen LogP contribution in [0.4, 0.5) is 11.4 Å². The van der Waals surface area contributed by atoms with E-state index >= 15 is 0 Å². The van der Waals surface area contributed by atoms with Crippen LogP contribution in [0.5, 0.6) is 5.75 Å². The second-order valence-corrected chi connectivity index (χ2v) is 7.23. The van der Waals surface area contributed by atoms with Crippen molar-refractivity contribution in [3.63, 3.8) is 0 Å². The van der Waals surface area contributed by atoms with Crippen LogP contribution >= 0.6 is 11.6 Å². The molecular formula is C21H22ClN5O3. The molecule has 0 atom stereocenters. The van der Waals surface area contributed by atoms with Gasteiger partial charge in [-0.15, -0.1) is 5.10 Å². The van der Waals surface area contributed by atoms with Crippen molar-refractivity contribution in [3.8, 4) is 5.75 Å². The molecule has 156 valence electrons. The number of ether oxygens (including phenoxy) is 1. The summed E-state index contributed by atoms with van der Waals surface area (Å²) in [4.78, 5) is 25.2. The number of nitrogens with zero attached hydrogens (tertiary/aromatic N) is 3. The van der Waals surface area contributed by atoms with E-state index in [2.05, 4.69) is 20.9 Å². The van der Waals surface area contributed by atoms with Gasteiger partial charge in [-0.2, -0.15) is 0 Å². The number of nitrogens with one attached hydrogen (secondary N) is 2. The molecule has 0 spiro atoms. The Bertz CT molecular complexity index is 1090. The van der Waals surface area contributed by atoms with Gasteiger partial charge in [0.05, 0.1) is 18.5 Å². The Hall–Kier alpha value is -3.39. The van der Waals surface area contributed by atoms with E-state index < -0.39 is 0 Å². The highest BCUT2D eigenvalue weighted by Crippen LogP contribution is 2.27. The average Bonchev–Trinajstić information content (AvgIpc) is 3.05. The third-order valence-corrected chi connectivity index (χ3v) is 4.88. The van der Waals surface area contributed by atoms with E-state index in [1.165, 1.54) is 11.8 Å². The number of carbonyl (C=O) groups excluding carboxylic acids is 2. The number of methoxy groups -OCH3 is 1. The van der Waals surface area contributed by atoms with Gasteiger partial charge in [0.2, 0.25) is 5.91 Å². The Labute approximate surface area is 179 Å². The predicted molar refractivity (Wildman–Crippen MR) is 115 cm³/mol. The van der Waals surface area contributed by atoms with E-state index in [0.29, 0.717) is 22.2 Å². The summed E-state index contributed by atoms with van der Waals surface area (Å²) in [5, 5.41) is 14.0. The minimum Gasteiger partial charge on any atom is -0.495 e. The number of para-hydroxylation sites is 1. The minimum absolute atomic E-state index is 0.120. The Balaban J connectivity index is 1.73. The maximum Gasteiger partial charge on any atom is 0.278 e. The highest BCUT2D eigenvalue weighted by atomic mass is 35.5. The van der Waals surface area contributed by atoms with Crippen LogP contribution in [-0.2, 0) is 11.3 Å². The monoisotopic (exact) mass is 427 g/mol. The van der Waals surface area contributed by atoms with Crippen LogP contribution in [0.3, 0.4) is 0 Å². The number of amides is 2. The van der Waals surface area contributed by atoms with Gasteiger partial charge in [-0.3, -0.25) is 9.59 Å². The van der Waals surface area contributed by atoms with Crippen molar-refractivity contribution in [2.24, 2.45) is 0 Å². The van der Waals surface area contributed by atoms with Crippen molar-refractivity contribution in [2.45, 2.75) is 27.3 Å². The van der Waals surface area contributed by atoms with E-state index in [1.54, 1.807) is 25.1 Å². The topological polar surface area (TPSA) is 98.1 Å². The molecule has 2 amide bonds. The second kappa shape index (κ2) is 8.96. The normalized spacial score (nSPS) is 10.6. The molecule has 0 aliphatic rings. The van der Waals surface area contributed by atoms with Crippen molar-refractivity contribution in [1.82, 2.24) is 15.0 Å². The molecule has 0 aliphatic heterocycles. The van der Waals surface area contributed by atoms with E-state index in [9.17, 15) is 9.59 Å². The van der Waals surface area contributed by atoms with Crippen molar-refractivity contribution in [1.29, 1.82) is 0 Å². The summed E-state index contributed by atoms with van der Waals surface area (Å²) in [5.74, 6) is -0.255. The van der Waals surface area contributed by atoms with Gasteiger partial charge in [-0.05, 0) is 50.1 Å². The van der Waals surface area contributed by atoms with Crippen molar-refractivity contribution < 1.29 is 14.3 Å². The second-order valence-electron chi connectivity index (χ2n) is 6.79. The first-order valence-corrected chi connectivity index (χ1v) is 9.59. The third kappa shape index (κ3) is 4.60. The number of rotatable bonds is 6. The van der Waals surface area contributed by atoms with E-state index in [0.717, 1.165) is 16.8 Å². The Morgan fingerprint density at radius 3 is 2.47 bits per heavy atom. The summed E-state index contributed by atoms with van der Waals surface area (Å²) in [6, 6.07) is 10.7. The minimum atomic E-state index is -0.381. The number of aromatic nitrogens is 3. The average molecular weight is 428 g/mol. The molecule has 2 aromatic carbocycles. The smallest absolute Gasteiger partial charge is 0.278 e. The lowest BCUT2D eigenvalue weighted by molar-refractivity contribution is -0.117. The maximum atomic E-state index is 12.7. The fraction of sp³-hybridized carbons (Fsp3) is 0.238. The fourth-order valence-electron chi connectivity index (χ4n) is 3.01. The number of hydrogen-bond acceptors (Lipinski definition) is 5. The van der Waals surface area contributed by atoms with Crippen LogP contribution in [0.2, 0.25) is 5.02 Å². The first-order chi connectivity index (χ1) is 14.3. The van der Waals surface area contributed by atoms with Gasteiger partial charge >= 0.3 is 0 Å². The number of anilines is 2. The van der Waals surface area contributed by atoms with E-state index in [4.69, 9.17) is 16.3 Å². The highest BCUT2D eigenvalue weighted by Gasteiger charge is 2.19. The molecule has 30 heavy (non-hydrogen) atoms. The molecule has 0 saturated heterocycles. The standard InChI is InChI=1S/C21H22ClN5O3/c1-12-6-5-7-13(2)19(12)24-21(29)20-14(3)27(26-25-20)11-18(28)23-16-10-15(22)8-9-17(16)30-4/h5-10H,11H2,1-4H3,(H,23,28)(H,24,29). The van der Waals surface area contributed by atoms with E-state index in [1.807, 2.05) is 32.0 Å². The van der Waals surface area contributed by atoms with Gasteiger partial charge in [0.25, 0.3) is 5.91 Å². The maximum absolute atomic E-state index is 12.7. The predicted octanol–water partition coefficient (Wildman–Crippen LogP) is 3.76. The summed E-state index contributed by atoms with van der Waals surface area (Å²) < 4.78 is 6.59. The fourth-order valence-corrected chi connectivity index (χ4v) is 3.18. The first kappa shape index (κ1) is 21.3. The molecule has 0 aliphatic carbocycles. The number of aryl methyl sites for hydroxylation is 2. The lowest BCUT2D eigenvalue weighted by Gasteiger charge is -2.11. The largest absolute Gasteiger partial charge is 0.495 e. The summed E-state index contributed by atoms with van der Waals surface area (Å²) in [6.07, 6.45) is 0. The molecule has 1 aromatic heterocycles. The first-order valence-electron chi connectivity index (χ1n) is 9.21. The number of halogens is 1. The highest BCUT2D eigenvalue weighted by molar-refractivity contribution is 6.31. The molecule has 0 unspecified atom stereocenters. The molecular weight excluding hydrogens is 406 g/mol. The molecule has 0 saturated carbocycles. The Kier molecular flexibility index (Phi) is 6.37. The number of hydrogen-bond donors (Lipinski definition) is 2. The number of benzene rings is 2. The van der Waals surface area contributed by atoms with Gasteiger partial charge in [0.15, 0.2) is 5.69 Å². The molecule has 1 heterocycles. The van der Waals surface area contributed by atoms with Crippen molar-refractivity contribution in [3.05, 3.63) is 63.9 Å². The van der Waals surface area contributed by atoms with Crippen LogP contribution in [0.1, 0.15) is 27.3 Å². The van der Waals surface area contributed by atoms with E-state index in [-0.39, 0.29) is 24.1 Å². The molecule has 0 bridgehead atoms. The summed E-state index contributed by atoms with van der Waals surface area (Å²) in [5.41, 5.74) is 3.72. The molecule has 2 N–H and O–H groups in total. The molecule has 0 fully saturated rings. The number of carbonyl (C=O) groups is 2. The quantitative estimate of drug-likeness (QED) is 0.624. The van der Waals surface area contributed by atoms with Crippen LogP contribution < -0.4 is 15.4 Å². The van der Waals surface area contributed by atoms with Crippen LogP contribution in [-0.4, -0.2) is 33.9 Å². The molecule has 9 heteroatoms. The van der Waals surface area contributed by atoms with Crippen LogP contribution in [0.15, 0.2) is 36.4 Å². The van der Waals surface area contributed by atoms with Gasteiger partial charge in [-0.1, -0.05) is 35.0 Å². The zero-order valence-corrected chi connectivity index (χ0v) is 17.9. The van der Waals surface area contributed by atoms with Crippen LogP contribution in [0, 0.1) is 20.8 Å². The van der Waals surface area contributed by atoms with Crippen molar-refractivity contribution in [2.75, 3.05) is 17.7 Å². The molecule has 0 radical (unpaired) electrons. The SMILES string of the molecule is COc1ccc(Cl)cc1NC(=O)Cn1nnc(C(=O)Nc2c(C)cccc2C)c1C. The molecule has 8 nitrogen and oxygen atoms in total. The summed E-state index contributed by atoms with van der Waals surface area (Å²) in [7, 11) is 1.50. The Morgan fingerprint density at radius 2 is 1.80 bits per heavy atom. The van der Waals surface area contributed by atoms with Gasteiger partial charge in [-0.25, -0.2) is 4.68 Å². The summed E-state index contributed by atoms with van der Waals surface area (Å²) >= 11 is 5.99. The van der Waals surface area contributed by atoms with Crippen LogP contribution in [0.25, 0.3) is 0 Å². The zero-order valence-electron chi connectivity index (χ0n) is 17.1. The van der Waals surface area contributed by atoms with Gasteiger partial charge < -0.3 is 15.4 Å². The lowest BCUT2D eigenvalue weighted by Crippen LogP contribution is -2.21. The zero-order chi connectivity index (χ0) is 21.8. The summed E-state index contributed by atoms with van der Waals surface area (Å²) in [6.45, 7) is 5.40. The van der Waals surface area contributed by atoms with Crippen molar-refractivity contribution >= 4 is 34.8 Å². The third-order valence-electron chi connectivity index (χ3n) is 4.65. The molecule has 3 rings (SSSR count). The van der Waals surface area contributed by atoms with Gasteiger partial charge in [0, 0.05) is 10.7 Å².